The van der Waals surface area contributed by atoms with Gasteiger partial charge in [-0.15, -0.1) is 0 Å². The summed E-state index contributed by atoms with van der Waals surface area (Å²) in [5.74, 6) is -0.519. The van der Waals surface area contributed by atoms with Crippen molar-refractivity contribution in [3.8, 4) is 23.0 Å². The molecule has 5 nitrogen and oxygen atoms in total. The number of carbonyl (C=O) groups excluding carboxylic acids is 1. The highest BCUT2D eigenvalue weighted by atomic mass is 35.5. The summed E-state index contributed by atoms with van der Waals surface area (Å²) < 4.78 is 7.16. The molecule has 4 rings (SSSR count). The van der Waals surface area contributed by atoms with Crippen molar-refractivity contribution in [3.63, 3.8) is 0 Å². The molecule has 0 saturated carbocycles. The van der Waals surface area contributed by atoms with Crippen molar-refractivity contribution in [1.82, 2.24) is 9.78 Å². The summed E-state index contributed by atoms with van der Waals surface area (Å²) in [6, 6.07) is 25.7. The highest BCUT2D eigenvalue weighted by molar-refractivity contribution is 6.30. The molecule has 0 spiro atoms. The van der Waals surface area contributed by atoms with Crippen LogP contribution in [0.15, 0.2) is 85.1 Å². The Morgan fingerprint density at radius 2 is 1.70 bits per heavy atom. The summed E-state index contributed by atoms with van der Waals surface area (Å²) in [6.45, 7) is -0.000852. The van der Waals surface area contributed by atoms with Gasteiger partial charge in [0.1, 0.15) is 17.9 Å². The summed E-state index contributed by atoms with van der Waals surface area (Å²) in [7, 11) is 0. The number of benzene rings is 3. The van der Waals surface area contributed by atoms with E-state index in [1.54, 1.807) is 47.3 Å². The summed E-state index contributed by atoms with van der Waals surface area (Å²) in [5, 5.41) is 14.4. The fourth-order valence-electron chi connectivity index (χ4n) is 3.03. The van der Waals surface area contributed by atoms with E-state index in [0.717, 1.165) is 11.3 Å². The molecule has 0 N–H and O–H groups in total. The fourth-order valence-corrected chi connectivity index (χ4v) is 3.16. The number of rotatable bonds is 5. The fraction of sp³-hybridized carbons (Fsp3) is 0.0417. The second-order valence-electron chi connectivity index (χ2n) is 6.52. The zero-order chi connectivity index (χ0) is 20.9. The van der Waals surface area contributed by atoms with Crippen LogP contribution >= 0.6 is 11.6 Å². The van der Waals surface area contributed by atoms with Crippen LogP contribution in [0.5, 0.6) is 0 Å². The Morgan fingerprint density at radius 1 is 1.00 bits per heavy atom. The Balaban J connectivity index is 1.68. The molecule has 0 fully saturated rings. The maximum Gasteiger partial charge on any atom is 0.342 e. The maximum absolute atomic E-state index is 12.9. The number of esters is 1. The molecule has 30 heavy (non-hydrogen) atoms. The van der Waals surface area contributed by atoms with Crippen LogP contribution < -0.4 is 0 Å². The van der Waals surface area contributed by atoms with Crippen LogP contribution in [-0.2, 0) is 11.3 Å². The van der Waals surface area contributed by atoms with Gasteiger partial charge in [0.05, 0.1) is 17.3 Å². The second kappa shape index (κ2) is 8.64. The van der Waals surface area contributed by atoms with Crippen LogP contribution in [0.25, 0.3) is 16.9 Å². The lowest BCUT2D eigenvalue weighted by atomic mass is 10.1. The molecule has 0 aliphatic rings. The Labute approximate surface area is 178 Å². The van der Waals surface area contributed by atoms with Crippen molar-refractivity contribution in [2.75, 3.05) is 0 Å². The largest absolute Gasteiger partial charge is 0.457 e. The molecule has 0 bridgehead atoms. The van der Waals surface area contributed by atoms with Gasteiger partial charge in [0.25, 0.3) is 0 Å². The Kier molecular flexibility index (Phi) is 5.60. The molecule has 4 aromatic rings. The smallest absolute Gasteiger partial charge is 0.342 e. The van der Waals surface area contributed by atoms with Gasteiger partial charge in [-0.1, -0.05) is 60.1 Å². The van der Waals surface area contributed by atoms with Gasteiger partial charge in [-0.3, -0.25) is 0 Å². The van der Waals surface area contributed by atoms with Gasteiger partial charge in [-0.2, -0.15) is 10.4 Å². The van der Waals surface area contributed by atoms with Crippen molar-refractivity contribution in [3.05, 3.63) is 107 Å². The molecule has 0 atom stereocenters. The zero-order valence-corrected chi connectivity index (χ0v) is 16.6. The monoisotopic (exact) mass is 413 g/mol. The highest BCUT2D eigenvalue weighted by Gasteiger charge is 2.20. The standard InChI is InChI=1S/C24H16ClN3O2/c25-20-12-10-17(11-13-20)23-22(15-28(27-23)21-8-2-1-3-9-21)24(29)30-16-19-7-5-4-6-18(19)14-26/h1-13,15H,16H2. The van der Waals surface area contributed by atoms with Gasteiger partial charge < -0.3 is 4.74 Å². The molecule has 0 aliphatic carbocycles. The van der Waals surface area contributed by atoms with E-state index in [0.29, 0.717) is 27.4 Å². The lowest BCUT2D eigenvalue weighted by Crippen LogP contribution is -2.06. The van der Waals surface area contributed by atoms with E-state index in [4.69, 9.17) is 16.3 Å². The van der Waals surface area contributed by atoms with Crippen molar-refractivity contribution >= 4 is 17.6 Å². The molecule has 1 aromatic heterocycles. The second-order valence-corrected chi connectivity index (χ2v) is 6.96. The number of nitriles is 1. The molecule has 0 radical (unpaired) electrons. The molecule has 0 amide bonds. The predicted octanol–water partition coefficient (Wildman–Crippen LogP) is 5.42. The van der Waals surface area contributed by atoms with Crippen LogP contribution in [0, 0.1) is 11.3 Å². The number of hydrogen-bond donors (Lipinski definition) is 0. The highest BCUT2D eigenvalue weighted by Crippen LogP contribution is 2.26. The number of carbonyl (C=O) groups is 1. The number of ether oxygens (including phenoxy) is 1. The van der Waals surface area contributed by atoms with Crippen LogP contribution in [0.1, 0.15) is 21.5 Å². The first kappa shape index (κ1) is 19.4. The summed E-state index contributed by atoms with van der Waals surface area (Å²) >= 11 is 6.01. The molecular formula is C24H16ClN3O2. The molecular weight excluding hydrogens is 398 g/mol. The third kappa shape index (κ3) is 4.09. The molecule has 0 saturated heterocycles. The maximum atomic E-state index is 12.9. The molecule has 1 heterocycles. The number of para-hydroxylation sites is 1. The first-order valence-electron chi connectivity index (χ1n) is 9.22. The molecule has 0 aliphatic heterocycles. The summed E-state index contributed by atoms with van der Waals surface area (Å²) in [4.78, 5) is 12.9. The van der Waals surface area contributed by atoms with E-state index >= 15 is 0 Å². The first-order chi connectivity index (χ1) is 14.7. The van der Waals surface area contributed by atoms with Crippen molar-refractivity contribution in [2.45, 2.75) is 6.61 Å². The number of halogens is 1. The van der Waals surface area contributed by atoms with E-state index in [9.17, 15) is 10.1 Å². The summed E-state index contributed by atoms with van der Waals surface area (Å²) in [6.07, 6.45) is 1.65. The molecule has 0 unspecified atom stereocenters. The van der Waals surface area contributed by atoms with Crippen molar-refractivity contribution < 1.29 is 9.53 Å². The van der Waals surface area contributed by atoms with Gasteiger partial charge in [-0.25, -0.2) is 9.48 Å². The third-order valence-corrected chi connectivity index (χ3v) is 4.82. The van der Waals surface area contributed by atoms with E-state index in [-0.39, 0.29) is 6.61 Å². The minimum absolute atomic E-state index is 0.000852. The van der Waals surface area contributed by atoms with E-state index < -0.39 is 5.97 Å². The van der Waals surface area contributed by atoms with Crippen molar-refractivity contribution in [1.29, 1.82) is 5.26 Å². The van der Waals surface area contributed by atoms with Crippen molar-refractivity contribution in [2.24, 2.45) is 0 Å². The van der Waals surface area contributed by atoms with E-state index in [1.165, 1.54) is 0 Å². The molecule has 3 aromatic carbocycles. The Bertz CT molecular complexity index is 1230. The van der Waals surface area contributed by atoms with Gasteiger partial charge in [-0.05, 0) is 30.3 Å². The number of hydrogen-bond acceptors (Lipinski definition) is 4. The topological polar surface area (TPSA) is 67.9 Å². The Hall–Kier alpha value is -3.88. The van der Waals surface area contributed by atoms with Gasteiger partial charge >= 0.3 is 5.97 Å². The quantitative estimate of drug-likeness (QED) is 0.409. The SMILES string of the molecule is N#Cc1ccccc1COC(=O)c1cn(-c2ccccc2)nc1-c1ccc(Cl)cc1. The van der Waals surface area contributed by atoms with Crippen LogP contribution in [0.4, 0.5) is 0 Å². The number of aromatic nitrogens is 2. The zero-order valence-electron chi connectivity index (χ0n) is 15.8. The van der Waals surface area contributed by atoms with Crippen LogP contribution in [0.3, 0.4) is 0 Å². The normalized spacial score (nSPS) is 10.4. The minimum Gasteiger partial charge on any atom is -0.457 e. The summed E-state index contributed by atoms with van der Waals surface area (Å²) in [5.41, 5.74) is 3.52. The van der Waals surface area contributed by atoms with E-state index in [2.05, 4.69) is 11.2 Å². The van der Waals surface area contributed by atoms with Gasteiger partial charge in [0.15, 0.2) is 0 Å². The van der Waals surface area contributed by atoms with Gasteiger partial charge in [0, 0.05) is 22.3 Å². The third-order valence-electron chi connectivity index (χ3n) is 4.57. The molecule has 6 heteroatoms. The lowest BCUT2D eigenvalue weighted by molar-refractivity contribution is 0.0473. The predicted molar refractivity (Wildman–Crippen MR) is 114 cm³/mol. The van der Waals surface area contributed by atoms with Crippen LogP contribution in [0.2, 0.25) is 5.02 Å². The molecule has 146 valence electrons. The lowest BCUT2D eigenvalue weighted by Gasteiger charge is -2.06. The average molecular weight is 414 g/mol. The number of nitrogens with zero attached hydrogens (tertiary/aromatic N) is 3. The average Bonchev–Trinajstić information content (AvgIpc) is 3.24. The van der Waals surface area contributed by atoms with Crippen LogP contribution in [-0.4, -0.2) is 15.7 Å². The first-order valence-corrected chi connectivity index (χ1v) is 9.59. The van der Waals surface area contributed by atoms with Gasteiger partial charge in [0.2, 0.25) is 0 Å². The Morgan fingerprint density at radius 3 is 2.43 bits per heavy atom. The minimum atomic E-state index is -0.519. The van der Waals surface area contributed by atoms with E-state index in [1.807, 2.05) is 42.5 Å².